The smallest absolute Gasteiger partial charge is 0.255 e. The Morgan fingerprint density at radius 1 is 0.968 bits per heavy atom. The second-order valence-corrected chi connectivity index (χ2v) is 10.2. The maximum atomic E-state index is 13.3. The number of hydrogen-bond donors (Lipinski definition) is 1. The van der Waals surface area contributed by atoms with Gasteiger partial charge in [-0.15, -0.1) is 24.8 Å². The van der Waals surface area contributed by atoms with E-state index in [9.17, 15) is 9.59 Å². The van der Waals surface area contributed by atoms with Gasteiger partial charge in [-0.05, 0) is 56.0 Å². The van der Waals surface area contributed by atoms with Crippen LogP contribution in [0.5, 0.6) is 0 Å². The molecule has 1 N–H and O–H groups in total. The number of nitrogens with zero attached hydrogens (tertiary/aromatic N) is 3. The van der Waals surface area contributed by atoms with E-state index in [0.29, 0.717) is 35.6 Å². The van der Waals surface area contributed by atoms with Crippen molar-refractivity contribution < 1.29 is 4.79 Å². The fourth-order valence-electron chi connectivity index (χ4n) is 7.04. The van der Waals surface area contributed by atoms with Gasteiger partial charge in [0.05, 0.1) is 0 Å². The van der Waals surface area contributed by atoms with Gasteiger partial charge in [-0.25, -0.2) is 0 Å². The summed E-state index contributed by atoms with van der Waals surface area (Å²) < 4.78 is 2.08. The molecule has 6 heterocycles. The third-order valence-electron chi connectivity index (χ3n) is 8.24. The molecule has 0 radical (unpaired) electrons. The number of fused-ring (bicyclic) bond motifs is 8. The van der Waals surface area contributed by atoms with Crippen molar-refractivity contribution in [1.82, 2.24) is 19.7 Å². The molecular formula is C23H34Cl2N4O2. The number of hydrogen-bond acceptors (Lipinski definition) is 4. The fourth-order valence-corrected chi connectivity index (χ4v) is 7.04. The summed E-state index contributed by atoms with van der Waals surface area (Å²) in [6.07, 6.45) is 5.42. The van der Waals surface area contributed by atoms with Crippen LogP contribution >= 0.6 is 24.8 Å². The van der Waals surface area contributed by atoms with Crippen LogP contribution < -0.4 is 10.9 Å². The molecule has 4 saturated heterocycles. The molecule has 0 aromatic carbocycles. The zero-order valence-corrected chi connectivity index (χ0v) is 19.6. The first-order valence-electron chi connectivity index (χ1n) is 11.6. The third kappa shape index (κ3) is 4.05. The van der Waals surface area contributed by atoms with E-state index in [1.165, 1.54) is 18.5 Å². The number of aromatic nitrogens is 1. The van der Waals surface area contributed by atoms with Crippen LogP contribution in [0.1, 0.15) is 49.3 Å². The van der Waals surface area contributed by atoms with E-state index < -0.39 is 0 Å². The number of pyridine rings is 1. The minimum atomic E-state index is 0. The Morgan fingerprint density at radius 2 is 1.84 bits per heavy atom. The van der Waals surface area contributed by atoms with Crippen molar-refractivity contribution in [2.45, 2.75) is 57.2 Å². The van der Waals surface area contributed by atoms with E-state index in [1.807, 2.05) is 0 Å². The Bertz CT molecular complexity index is 891. The lowest BCUT2D eigenvalue weighted by atomic mass is 9.76. The second-order valence-electron chi connectivity index (χ2n) is 10.2. The van der Waals surface area contributed by atoms with Gasteiger partial charge >= 0.3 is 0 Å². The maximum Gasteiger partial charge on any atom is 0.255 e. The molecule has 1 aromatic rings. The topological polar surface area (TPSA) is 57.6 Å². The van der Waals surface area contributed by atoms with Crippen LogP contribution in [-0.2, 0) is 17.9 Å². The van der Waals surface area contributed by atoms with E-state index in [2.05, 4.69) is 31.8 Å². The van der Waals surface area contributed by atoms with Crippen LogP contribution in [0.15, 0.2) is 16.9 Å². The predicted molar refractivity (Wildman–Crippen MR) is 125 cm³/mol. The second kappa shape index (κ2) is 9.05. The Hall–Kier alpha value is -1.08. The number of nitrogens with one attached hydrogen (secondary N) is 1. The molecule has 0 spiro atoms. The molecule has 6 nitrogen and oxygen atoms in total. The maximum absolute atomic E-state index is 13.3. The molecule has 1 amide bonds. The lowest BCUT2D eigenvalue weighted by Crippen LogP contribution is -2.60. The van der Waals surface area contributed by atoms with E-state index in [-0.39, 0.29) is 30.4 Å². The molecule has 0 saturated carbocycles. The molecule has 0 unspecified atom stereocenters. The van der Waals surface area contributed by atoms with Crippen molar-refractivity contribution in [2.75, 3.05) is 32.7 Å². The third-order valence-corrected chi connectivity index (χ3v) is 8.24. The molecule has 8 heteroatoms. The van der Waals surface area contributed by atoms with Crippen molar-refractivity contribution in [1.29, 1.82) is 0 Å². The number of carbonyl (C=O) groups is 1. The summed E-state index contributed by atoms with van der Waals surface area (Å²) in [7, 11) is 0. The van der Waals surface area contributed by atoms with Gasteiger partial charge in [0.15, 0.2) is 0 Å². The first-order valence-corrected chi connectivity index (χ1v) is 11.6. The molecular weight excluding hydrogens is 435 g/mol. The Balaban J connectivity index is 0.00000116. The minimum absolute atomic E-state index is 0. The Labute approximate surface area is 196 Å². The number of piperidine rings is 4. The number of halogens is 2. The molecule has 6 rings (SSSR count). The molecule has 4 bridgehead atoms. The molecule has 172 valence electrons. The lowest BCUT2D eigenvalue weighted by molar-refractivity contribution is -0.145. The van der Waals surface area contributed by atoms with Gasteiger partial charge in [0.25, 0.3) is 5.56 Å². The van der Waals surface area contributed by atoms with E-state index >= 15 is 0 Å². The summed E-state index contributed by atoms with van der Waals surface area (Å²) in [5.41, 5.74) is 2.43. The van der Waals surface area contributed by atoms with Gasteiger partial charge in [-0.2, -0.15) is 0 Å². The number of likely N-dealkylation sites (tertiary alicyclic amines) is 1. The van der Waals surface area contributed by atoms with Crippen LogP contribution in [-0.4, -0.2) is 59.0 Å². The summed E-state index contributed by atoms with van der Waals surface area (Å²) in [6, 6.07) is 4.76. The van der Waals surface area contributed by atoms with Gasteiger partial charge < -0.3 is 14.8 Å². The lowest BCUT2D eigenvalue weighted by Gasteiger charge is -2.52. The predicted octanol–water partition coefficient (Wildman–Crippen LogP) is 2.23. The molecule has 5 aliphatic heterocycles. The van der Waals surface area contributed by atoms with Crippen molar-refractivity contribution in [3.05, 3.63) is 33.7 Å². The number of amides is 1. The molecule has 5 atom stereocenters. The summed E-state index contributed by atoms with van der Waals surface area (Å²) in [6.45, 7) is 6.65. The Kier molecular flexibility index (Phi) is 6.74. The van der Waals surface area contributed by atoms with Crippen LogP contribution in [0, 0.1) is 17.8 Å². The van der Waals surface area contributed by atoms with E-state index in [4.69, 9.17) is 0 Å². The molecule has 5 aliphatic rings. The average Bonchev–Trinajstić information content (AvgIpc) is 2.72. The van der Waals surface area contributed by atoms with Crippen LogP contribution in [0.4, 0.5) is 0 Å². The van der Waals surface area contributed by atoms with Crippen molar-refractivity contribution >= 4 is 30.7 Å². The normalized spacial score (nSPS) is 34.1. The SMILES string of the molecule is Cl.Cl.O=C1CCC[C@H]2[C@@H]3C[C@@H](CN(Cc4ccc5n(c4=O)C[C@@H]4CNC[C@H]5C4)C3)CN12. The largest absolute Gasteiger partial charge is 0.339 e. The fraction of sp³-hybridized carbons (Fsp3) is 0.739. The van der Waals surface area contributed by atoms with Gasteiger partial charge in [0.1, 0.15) is 0 Å². The molecule has 1 aromatic heterocycles. The highest BCUT2D eigenvalue weighted by molar-refractivity contribution is 5.85. The average molecular weight is 469 g/mol. The van der Waals surface area contributed by atoms with E-state index in [1.54, 1.807) is 0 Å². The summed E-state index contributed by atoms with van der Waals surface area (Å²) in [4.78, 5) is 30.4. The molecule has 4 fully saturated rings. The van der Waals surface area contributed by atoms with Crippen LogP contribution in [0.3, 0.4) is 0 Å². The zero-order valence-electron chi connectivity index (χ0n) is 18.0. The van der Waals surface area contributed by atoms with Gasteiger partial charge in [0, 0.05) is 68.9 Å². The van der Waals surface area contributed by atoms with E-state index in [0.717, 1.165) is 70.6 Å². The van der Waals surface area contributed by atoms with Crippen LogP contribution in [0.25, 0.3) is 0 Å². The highest BCUT2D eigenvalue weighted by Crippen LogP contribution is 2.38. The van der Waals surface area contributed by atoms with Crippen molar-refractivity contribution in [3.8, 4) is 0 Å². The first kappa shape index (κ1) is 23.1. The highest BCUT2D eigenvalue weighted by Gasteiger charge is 2.44. The first-order chi connectivity index (χ1) is 14.2. The summed E-state index contributed by atoms with van der Waals surface area (Å²) in [5.74, 6) is 2.61. The number of carbonyl (C=O) groups excluding carboxylic acids is 1. The number of rotatable bonds is 2. The minimum Gasteiger partial charge on any atom is -0.339 e. The van der Waals surface area contributed by atoms with Crippen LogP contribution in [0.2, 0.25) is 0 Å². The molecule has 0 aliphatic carbocycles. The van der Waals surface area contributed by atoms with Crippen molar-refractivity contribution in [2.24, 2.45) is 17.8 Å². The summed E-state index contributed by atoms with van der Waals surface area (Å²) >= 11 is 0. The standard InChI is InChI=1S/C23H32N4O2.2ClH/c28-22-3-1-2-20-19-7-16(12-26(20)22)10-25(14-19)13-17-4-5-21-18-6-15(8-24-9-18)11-27(21)23(17)29;;/h4-5,15-16,18-20,24H,1-3,6-14H2;2*1H/t15-,16-,18+,19+,20-;;/m0../s1. The van der Waals surface area contributed by atoms with Gasteiger partial charge in [-0.3, -0.25) is 14.5 Å². The monoisotopic (exact) mass is 468 g/mol. The van der Waals surface area contributed by atoms with Crippen molar-refractivity contribution in [3.63, 3.8) is 0 Å². The van der Waals surface area contributed by atoms with Gasteiger partial charge in [0.2, 0.25) is 5.91 Å². The summed E-state index contributed by atoms with van der Waals surface area (Å²) in [5, 5.41) is 3.52. The highest BCUT2D eigenvalue weighted by atomic mass is 35.5. The zero-order chi connectivity index (χ0) is 19.5. The molecule has 31 heavy (non-hydrogen) atoms. The quantitative estimate of drug-likeness (QED) is 0.722. The van der Waals surface area contributed by atoms with Gasteiger partial charge in [-0.1, -0.05) is 6.07 Å². The Morgan fingerprint density at radius 3 is 2.71 bits per heavy atom.